The van der Waals surface area contributed by atoms with E-state index in [1.807, 2.05) is 7.05 Å². The van der Waals surface area contributed by atoms with Gasteiger partial charge in [-0.25, -0.2) is 9.97 Å². The smallest absolute Gasteiger partial charge is 0.137 e. The van der Waals surface area contributed by atoms with Crippen molar-refractivity contribution in [3.63, 3.8) is 0 Å². The Labute approximate surface area is 127 Å². The molecule has 0 spiro atoms. The molecule has 5 heteroatoms. The number of rotatable bonds is 3. The number of aryl methyl sites for hydroxylation is 1. The number of nitrogens with zero attached hydrogens (tertiary/aromatic N) is 4. The van der Waals surface area contributed by atoms with Crippen molar-refractivity contribution < 1.29 is 0 Å². The molecule has 1 aromatic rings. The molecule has 3 rings (SSSR count). The van der Waals surface area contributed by atoms with Crippen LogP contribution in [-0.4, -0.2) is 53.6 Å². The van der Waals surface area contributed by atoms with Crippen LogP contribution in [0.1, 0.15) is 38.1 Å². The summed E-state index contributed by atoms with van der Waals surface area (Å²) in [7, 11) is 1.94. The molecule has 2 fully saturated rings. The molecular formula is C16H27N5. The van der Waals surface area contributed by atoms with Gasteiger partial charge in [-0.15, -0.1) is 0 Å². The molecule has 1 aromatic heterocycles. The largest absolute Gasteiger partial charge is 0.373 e. The van der Waals surface area contributed by atoms with Crippen molar-refractivity contribution in [2.45, 2.75) is 52.1 Å². The van der Waals surface area contributed by atoms with Gasteiger partial charge in [0.25, 0.3) is 0 Å². The Morgan fingerprint density at radius 3 is 2.81 bits per heavy atom. The van der Waals surface area contributed by atoms with Gasteiger partial charge in [0.2, 0.25) is 0 Å². The van der Waals surface area contributed by atoms with E-state index in [9.17, 15) is 0 Å². The fraction of sp³-hybridized carbons (Fsp3) is 0.750. The van der Waals surface area contributed by atoms with Gasteiger partial charge >= 0.3 is 0 Å². The highest BCUT2D eigenvalue weighted by atomic mass is 15.3. The quantitative estimate of drug-likeness (QED) is 0.923. The first-order valence-corrected chi connectivity index (χ1v) is 8.20. The molecule has 0 amide bonds. The lowest BCUT2D eigenvalue weighted by Gasteiger charge is -2.43. The van der Waals surface area contributed by atoms with E-state index >= 15 is 0 Å². The molecule has 2 unspecified atom stereocenters. The van der Waals surface area contributed by atoms with E-state index in [2.05, 4.69) is 40.9 Å². The van der Waals surface area contributed by atoms with Gasteiger partial charge in [-0.2, -0.15) is 0 Å². The van der Waals surface area contributed by atoms with Crippen LogP contribution in [-0.2, 0) is 6.42 Å². The normalized spacial score (nSPS) is 26.0. The topological polar surface area (TPSA) is 44.3 Å². The lowest BCUT2D eigenvalue weighted by Crippen LogP contribution is -2.55. The van der Waals surface area contributed by atoms with Crippen LogP contribution in [0.4, 0.5) is 11.6 Å². The summed E-state index contributed by atoms with van der Waals surface area (Å²) in [5, 5.41) is 3.22. The lowest BCUT2D eigenvalue weighted by atomic mass is 10.1. The first-order valence-electron chi connectivity index (χ1n) is 8.20. The summed E-state index contributed by atoms with van der Waals surface area (Å²) in [6.45, 7) is 10.1. The molecule has 2 saturated heterocycles. The maximum absolute atomic E-state index is 4.84. The zero-order chi connectivity index (χ0) is 15.0. The van der Waals surface area contributed by atoms with Crippen molar-refractivity contribution in [1.29, 1.82) is 0 Å². The first kappa shape index (κ1) is 14.6. The standard InChI is InChI=1S/C16H27N5/c1-5-14-18-15(17-4)12(3)16(19-14)21-10-13-7-6-8-20(13)9-11(21)2/h11,13H,5-10H2,1-4H3,(H,17,18,19). The van der Waals surface area contributed by atoms with Crippen molar-refractivity contribution in [1.82, 2.24) is 14.9 Å². The molecule has 0 saturated carbocycles. The Balaban J connectivity index is 1.95. The molecule has 3 heterocycles. The molecule has 2 aliphatic heterocycles. The number of hydrogen-bond donors (Lipinski definition) is 1. The van der Waals surface area contributed by atoms with Crippen LogP contribution in [0.2, 0.25) is 0 Å². The molecular weight excluding hydrogens is 262 g/mol. The van der Waals surface area contributed by atoms with Gasteiger partial charge in [0, 0.05) is 44.2 Å². The van der Waals surface area contributed by atoms with Crippen LogP contribution in [0.3, 0.4) is 0 Å². The average Bonchev–Trinajstić information content (AvgIpc) is 2.94. The van der Waals surface area contributed by atoms with Crippen LogP contribution in [0.15, 0.2) is 0 Å². The number of anilines is 2. The summed E-state index contributed by atoms with van der Waals surface area (Å²) >= 11 is 0. The Morgan fingerprint density at radius 1 is 1.29 bits per heavy atom. The van der Waals surface area contributed by atoms with E-state index in [4.69, 9.17) is 4.98 Å². The van der Waals surface area contributed by atoms with Crippen LogP contribution in [0.5, 0.6) is 0 Å². The zero-order valence-corrected chi connectivity index (χ0v) is 13.7. The highest BCUT2D eigenvalue weighted by Crippen LogP contribution is 2.31. The van der Waals surface area contributed by atoms with Crippen molar-refractivity contribution in [3.8, 4) is 0 Å². The highest BCUT2D eigenvalue weighted by Gasteiger charge is 2.35. The van der Waals surface area contributed by atoms with E-state index in [0.717, 1.165) is 37.0 Å². The van der Waals surface area contributed by atoms with Gasteiger partial charge < -0.3 is 10.2 Å². The monoisotopic (exact) mass is 289 g/mol. The Kier molecular flexibility index (Phi) is 4.02. The van der Waals surface area contributed by atoms with Crippen molar-refractivity contribution in [2.24, 2.45) is 0 Å². The minimum absolute atomic E-state index is 0.516. The van der Waals surface area contributed by atoms with Gasteiger partial charge in [-0.1, -0.05) is 6.92 Å². The maximum atomic E-state index is 4.84. The second kappa shape index (κ2) is 5.79. The van der Waals surface area contributed by atoms with E-state index < -0.39 is 0 Å². The number of piperazine rings is 1. The number of fused-ring (bicyclic) bond motifs is 1. The van der Waals surface area contributed by atoms with Gasteiger partial charge in [0.1, 0.15) is 17.5 Å². The second-order valence-corrected chi connectivity index (χ2v) is 6.33. The van der Waals surface area contributed by atoms with Crippen molar-refractivity contribution in [2.75, 3.05) is 36.9 Å². The van der Waals surface area contributed by atoms with Gasteiger partial charge in [-0.3, -0.25) is 4.90 Å². The fourth-order valence-corrected chi connectivity index (χ4v) is 3.71. The third-order valence-corrected chi connectivity index (χ3v) is 4.93. The first-order chi connectivity index (χ1) is 10.1. The Hall–Kier alpha value is -1.36. The summed E-state index contributed by atoms with van der Waals surface area (Å²) in [6.07, 6.45) is 3.54. The number of hydrogen-bond acceptors (Lipinski definition) is 5. The second-order valence-electron chi connectivity index (χ2n) is 6.33. The molecule has 0 radical (unpaired) electrons. The molecule has 0 aliphatic carbocycles. The highest BCUT2D eigenvalue weighted by molar-refractivity contribution is 5.59. The average molecular weight is 289 g/mol. The van der Waals surface area contributed by atoms with E-state index in [1.54, 1.807) is 0 Å². The summed E-state index contributed by atoms with van der Waals surface area (Å²) in [4.78, 5) is 14.6. The van der Waals surface area contributed by atoms with Gasteiger partial charge in [0.15, 0.2) is 0 Å². The zero-order valence-electron chi connectivity index (χ0n) is 13.7. The van der Waals surface area contributed by atoms with E-state index in [-0.39, 0.29) is 0 Å². The third-order valence-electron chi connectivity index (χ3n) is 4.93. The molecule has 5 nitrogen and oxygen atoms in total. The molecule has 0 bridgehead atoms. The third kappa shape index (κ3) is 2.59. The van der Waals surface area contributed by atoms with Gasteiger partial charge in [-0.05, 0) is 33.2 Å². The van der Waals surface area contributed by atoms with Crippen molar-refractivity contribution >= 4 is 11.6 Å². The molecule has 116 valence electrons. The minimum atomic E-state index is 0.516. The summed E-state index contributed by atoms with van der Waals surface area (Å²) in [5.74, 6) is 3.03. The van der Waals surface area contributed by atoms with Crippen LogP contribution in [0, 0.1) is 6.92 Å². The minimum Gasteiger partial charge on any atom is -0.373 e. The number of aromatic nitrogens is 2. The van der Waals surface area contributed by atoms with E-state index in [1.165, 1.54) is 24.9 Å². The predicted octanol–water partition coefficient (Wildman–Crippen LogP) is 2.06. The predicted molar refractivity (Wildman–Crippen MR) is 87.1 cm³/mol. The molecule has 1 N–H and O–H groups in total. The summed E-state index contributed by atoms with van der Waals surface area (Å²) in [5.41, 5.74) is 1.17. The maximum Gasteiger partial charge on any atom is 0.137 e. The van der Waals surface area contributed by atoms with E-state index in [0.29, 0.717) is 12.1 Å². The summed E-state index contributed by atoms with van der Waals surface area (Å²) < 4.78 is 0. The molecule has 2 atom stereocenters. The van der Waals surface area contributed by atoms with Crippen LogP contribution >= 0.6 is 0 Å². The molecule has 0 aromatic carbocycles. The SMILES string of the molecule is CCc1nc(NC)c(C)c(N2CC3CCCN3CC2C)n1. The Bertz CT molecular complexity index is 516. The lowest BCUT2D eigenvalue weighted by molar-refractivity contribution is 0.202. The van der Waals surface area contributed by atoms with Crippen molar-refractivity contribution in [3.05, 3.63) is 11.4 Å². The van der Waals surface area contributed by atoms with Crippen LogP contribution < -0.4 is 10.2 Å². The molecule has 21 heavy (non-hydrogen) atoms. The Morgan fingerprint density at radius 2 is 2.10 bits per heavy atom. The van der Waals surface area contributed by atoms with Gasteiger partial charge in [0.05, 0.1) is 0 Å². The van der Waals surface area contributed by atoms with Crippen LogP contribution in [0.25, 0.3) is 0 Å². The fourth-order valence-electron chi connectivity index (χ4n) is 3.71. The summed E-state index contributed by atoms with van der Waals surface area (Å²) in [6, 6.07) is 1.22. The number of nitrogens with one attached hydrogen (secondary N) is 1. The molecule has 2 aliphatic rings.